The Bertz CT molecular complexity index is 3340. The Kier molecular flexibility index (Phi) is 23.4. The molecule has 5 aromatic carbocycles. The molecule has 0 amide bonds. The zero-order chi connectivity index (χ0) is 43.4. The number of hydrogen-bond donors (Lipinski definition) is 7. The largest absolute Gasteiger partial charge is 0.505 e. The summed E-state index contributed by atoms with van der Waals surface area (Å²) in [7, 11) is -30.4. The fourth-order valence-electron chi connectivity index (χ4n) is 5.29. The summed E-state index contributed by atoms with van der Waals surface area (Å²) >= 11 is 0. The molecule has 0 unspecified atom stereocenters. The summed E-state index contributed by atoms with van der Waals surface area (Å²) in [5.41, 5.74) is 2.01. The van der Waals surface area contributed by atoms with E-state index < -0.39 is 148 Å². The van der Waals surface area contributed by atoms with E-state index in [-0.39, 0.29) is 153 Å². The molecule has 0 atom stereocenters. The molecule has 0 heterocycles. The number of phenolic OH excluding ortho intramolecular Hbond substituents is 1. The number of rotatable bonds is 13. The molecule has 0 bridgehead atoms. The molecule has 0 fully saturated rings. The van der Waals surface area contributed by atoms with Gasteiger partial charge in [-0.05, 0) is 47.9 Å². The minimum atomic E-state index is -5.46. The molecule has 0 aliphatic heterocycles. The average Bonchev–Trinajstić information content (AvgIpc) is 3.07. The van der Waals surface area contributed by atoms with E-state index in [1.807, 2.05) is 0 Å². The standard InChI is InChI=1S/C28H23N5O19S6.5Na/c29-24-23-14(11-21(55(40,41)42)25(24)32-30-15-3-1-4-16(13-15)53(35,36)10-9-52-58(49,50)51)12-22(56(43,44)45)26(27(23)34)33-31-19-8-7-17-18(28(19)57(46,47)48)5-2-6-20(17)54(37,38)39;;;;;/h1-8,11-13,34H,9-10,29H2,(H,37,38,39)(H,40,41,42)(H,43,44,45)(H,46,47,48)(H,49,50,51);;;;;. The molecule has 0 aromatic heterocycles. The molecule has 5 rings (SSSR count). The number of nitrogens with zero attached hydrogens (tertiary/aromatic N) is 4. The quantitative estimate of drug-likeness (QED) is 0.0382. The van der Waals surface area contributed by atoms with Gasteiger partial charge in [0.2, 0.25) is 0 Å². The number of sulfone groups is 1. The Morgan fingerprint density at radius 2 is 1.08 bits per heavy atom. The van der Waals surface area contributed by atoms with Gasteiger partial charge in [-0.1, -0.05) is 24.3 Å². The van der Waals surface area contributed by atoms with Gasteiger partial charge in [0.05, 0.1) is 34.0 Å². The Balaban J connectivity index is 0.00000769. The predicted octanol–water partition coefficient (Wildman–Crippen LogP) is 1.79. The number of azo groups is 2. The van der Waals surface area contributed by atoms with Crippen LogP contribution in [0.2, 0.25) is 0 Å². The maximum atomic E-state index is 12.7. The van der Waals surface area contributed by atoms with Crippen molar-refractivity contribution in [3.63, 3.8) is 0 Å². The van der Waals surface area contributed by atoms with Gasteiger partial charge in [0, 0.05) is 159 Å². The summed E-state index contributed by atoms with van der Waals surface area (Å²) in [6, 6.07) is 9.85. The van der Waals surface area contributed by atoms with E-state index in [1.165, 1.54) is 0 Å². The number of nitrogens with two attached hydrogens (primary N) is 1. The van der Waals surface area contributed by atoms with Crippen molar-refractivity contribution in [2.75, 3.05) is 18.1 Å². The normalized spacial score (nSPS) is 12.5. The molecule has 63 heavy (non-hydrogen) atoms. The number of hydrogen-bond acceptors (Lipinski definition) is 19. The van der Waals surface area contributed by atoms with E-state index >= 15 is 0 Å². The van der Waals surface area contributed by atoms with E-state index in [1.54, 1.807) is 0 Å². The number of benzene rings is 5. The first-order valence-electron chi connectivity index (χ1n) is 14.9. The molecule has 35 heteroatoms. The molecule has 5 aromatic rings. The van der Waals surface area contributed by atoms with Crippen LogP contribution < -0.4 is 5.73 Å². The van der Waals surface area contributed by atoms with Gasteiger partial charge < -0.3 is 10.8 Å². The summed E-state index contributed by atoms with van der Waals surface area (Å²) in [6.45, 7) is -0.982. The maximum Gasteiger partial charge on any atom is 0.397 e. The van der Waals surface area contributed by atoms with Gasteiger partial charge >= 0.3 is 10.4 Å². The Labute approximate surface area is 469 Å². The number of fused-ring (bicyclic) bond motifs is 2. The first kappa shape index (κ1) is 62.9. The van der Waals surface area contributed by atoms with E-state index in [4.69, 9.17) is 10.3 Å². The monoisotopic (exact) mass is 1040 g/mol. The molecule has 0 spiro atoms. The second-order valence-corrected chi connectivity index (χ2v) is 20.2. The maximum absolute atomic E-state index is 12.7. The second-order valence-electron chi connectivity index (χ2n) is 11.4. The molecular formula is C28H23N5Na5O19S6. The van der Waals surface area contributed by atoms with Crippen LogP contribution in [-0.4, -0.2) is 239 Å². The number of aromatic hydroxyl groups is 1. The van der Waals surface area contributed by atoms with Crippen LogP contribution in [0.5, 0.6) is 5.75 Å². The fourth-order valence-corrected chi connectivity index (χ4v) is 9.67. The van der Waals surface area contributed by atoms with Crippen molar-refractivity contribution in [3.05, 3.63) is 66.7 Å². The van der Waals surface area contributed by atoms with Crippen LogP contribution in [0.25, 0.3) is 21.5 Å². The van der Waals surface area contributed by atoms with Gasteiger partial charge in [-0.25, -0.2) is 12.6 Å². The van der Waals surface area contributed by atoms with Crippen molar-refractivity contribution < 1.29 is 82.6 Å². The van der Waals surface area contributed by atoms with Gasteiger partial charge in [0.1, 0.15) is 36.6 Å². The molecule has 24 nitrogen and oxygen atoms in total. The SMILES string of the molecule is Nc1c(N=Nc2cccc(S(=O)(=O)CCOS(=O)(=O)O)c2)c(S(=O)(=O)O)cc2cc(S(=O)(=O)O)c(N=Nc3ccc4c(S(=O)(=O)O)cccc4c3S(=O)(=O)O)c(O)c12.[Na].[Na].[Na].[Na].[Na]. The van der Waals surface area contributed by atoms with Crippen molar-refractivity contribution >= 4 is 258 Å². The molecule has 0 aliphatic carbocycles. The molecule has 8 N–H and O–H groups in total. The third-order valence-electron chi connectivity index (χ3n) is 7.64. The summed E-state index contributed by atoms with van der Waals surface area (Å²) in [5.74, 6) is -2.25. The van der Waals surface area contributed by atoms with Gasteiger partial charge in [-0.15, -0.1) is 15.3 Å². The molecule has 315 valence electrons. The fraction of sp³-hybridized carbons (Fsp3) is 0.0714. The summed E-state index contributed by atoms with van der Waals surface area (Å²) in [4.78, 5) is -4.86. The number of nitrogen functional groups attached to an aromatic ring is 1. The van der Waals surface area contributed by atoms with Crippen molar-refractivity contribution in [2.24, 2.45) is 20.5 Å². The predicted molar refractivity (Wildman–Crippen MR) is 226 cm³/mol. The first-order valence-corrected chi connectivity index (χ1v) is 23.6. The molecular weight excluding hydrogens is 1020 g/mol. The van der Waals surface area contributed by atoms with E-state index in [9.17, 15) is 73.8 Å². The third-order valence-corrected chi connectivity index (χ3v) is 13.4. The minimum Gasteiger partial charge on any atom is -0.505 e. The van der Waals surface area contributed by atoms with Crippen LogP contribution in [0.4, 0.5) is 28.4 Å². The molecule has 5 radical (unpaired) electrons. The average molecular weight is 1040 g/mol. The zero-order valence-corrected chi connectivity index (χ0v) is 48.0. The van der Waals surface area contributed by atoms with E-state index in [2.05, 4.69) is 24.6 Å². The Hall–Kier alpha value is -0.120. The van der Waals surface area contributed by atoms with Crippen LogP contribution in [0, 0.1) is 0 Å². The Morgan fingerprint density at radius 1 is 0.556 bits per heavy atom. The number of phenols is 1. The van der Waals surface area contributed by atoms with Crippen LogP contribution in [-0.2, 0) is 64.9 Å². The topological polar surface area (TPSA) is 411 Å². The van der Waals surface area contributed by atoms with Gasteiger partial charge in [0.15, 0.2) is 15.6 Å². The second kappa shape index (κ2) is 23.5. The van der Waals surface area contributed by atoms with Crippen LogP contribution in [0.15, 0.2) is 112 Å². The minimum absolute atomic E-state index is 0. The van der Waals surface area contributed by atoms with E-state index in [0.29, 0.717) is 12.1 Å². The van der Waals surface area contributed by atoms with Crippen molar-refractivity contribution in [1.82, 2.24) is 0 Å². The smallest absolute Gasteiger partial charge is 0.397 e. The molecule has 0 saturated heterocycles. The van der Waals surface area contributed by atoms with Crippen molar-refractivity contribution in [1.29, 1.82) is 0 Å². The van der Waals surface area contributed by atoms with Crippen molar-refractivity contribution in [3.8, 4) is 5.75 Å². The van der Waals surface area contributed by atoms with Crippen LogP contribution in [0.3, 0.4) is 0 Å². The molecule has 0 saturated carbocycles. The molecule has 0 aliphatic rings. The van der Waals surface area contributed by atoms with Crippen LogP contribution >= 0.6 is 0 Å². The number of anilines is 1. The summed E-state index contributed by atoms with van der Waals surface area (Å²) in [6.07, 6.45) is 0. The zero-order valence-electron chi connectivity index (χ0n) is 33.1. The summed E-state index contributed by atoms with van der Waals surface area (Å²) < 4.78 is 198. The Morgan fingerprint density at radius 3 is 1.60 bits per heavy atom. The van der Waals surface area contributed by atoms with Gasteiger partial charge in [0.25, 0.3) is 40.5 Å². The van der Waals surface area contributed by atoms with Crippen molar-refractivity contribution in [2.45, 2.75) is 24.5 Å². The first-order chi connectivity index (χ1) is 26.5. The van der Waals surface area contributed by atoms with Gasteiger partial charge in [-0.3, -0.25) is 22.8 Å². The van der Waals surface area contributed by atoms with Gasteiger partial charge in [-0.2, -0.15) is 47.2 Å². The summed E-state index contributed by atoms with van der Waals surface area (Å²) in [5, 5.41) is 23.6. The van der Waals surface area contributed by atoms with E-state index in [0.717, 1.165) is 54.6 Å². The van der Waals surface area contributed by atoms with Crippen LogP contribution in [0.1, 0.15) is 0 Å². The third kappa shape index (κ3) is 15.2.